The van der Waals surface area contributed by atoms with Crippen molar-refractivity contribution in [3.8, 4) is 0 Å². The third kappa shape index (κ3) is 4.00. The quantitative estimate of drug-likeness (QED) is 0.879. The van der Waals surface area contributed by atoms with Crippen molar-refractivity contribution in [3.63, 3.8) is 0 Å². The van der Waals surface area contributed by atoms with Crippen LogP contribution in [0.2, 0.25) is 0 Å². The number of amides is 1. The minimum Gasteiger partial charge on any atom is -0.335 e. The Morgan fingerprint density at radius 2 is 1.85 bits per heavy atom. The number of fused-ring (bicyclic) bond motifs is 1. The molecule has 0 saturated heterocycles. The van der Waals surface area contributed by atoms with Crippen LogP contribution in [0, 0.1) is 12.3 Å². The Kier molecular flexibility index (Phi) is 5.22. The van der Waals surface area contributed by atoms with Gasteiger partial charge in [-0.05, 0) is 43.4 Å². The molecule has 2 aromatic rings. The molecule has 0 spiro atoms. The van der Waals surface area contributed by atoms with Crippen molar-refractivity contribution in [1.82, 2.24) is 9.88 Å². The highest BCUT2D eigenvalue weighted by atomic mass is 16.2. The molecule has 1 fully saturated rings. The molecule has 1 aliphatic rings. The van der Waals surface area contributed by atoms with Gasteiger partial charge in [0.2, 0.25) is 5.91 Å². The molecule has 4 heteroatoms. The zero-order valence-corrected chi connectivity index (χ0v) is 16.4. The second-order valence-corrected chi connectivity index (χ2v) is 8.69. The van der Waals surface area contributed by atoms with Gasteiger partial charge in [0.25, 0.3) is 5.56 Å². The number of aromatic amines is 1. The second-order valence-electron chi connectivity index (χ2n) is 8.69. The summed E-state index contributed by atoms with van der Waals surface area (Å²) in [5.41, 5.74) is 2.13. The van der Waals surface area contributed by atoms with Gasteiger partial charge in [-0.1, -0.05) is 51.7 Å². The summed E-state index contributed by atoms with van der Waals surface area (Å²) < 4.78 is 0. The van der Waals surface area contributed by atoms with E-state index in [2.05, 4.69) is 11.1 Å². The van der Waals surface area contributed by atoms with Crippen LogP contribution in [0.3, 0.4) is 0 Å². The monoisotopic (exact) mass is 354 g/mol. The van der Waals surface area contributed by atoms with Gasteiger partial charge in [-0.25, -0.2) is 0 Å². The molecule has 1 N–H and O–H groups in total. The number of nitrogens with zero attached hydrogens (tertiary/aromatic N) is 1. The summed E-state index contributed by atoms with van der Waals surface area (Å²) in [6.45, 7) is 8.30. The number of carbonyl (C=O) groups is 1. The maximum absolute atomic E-state index is 13.1. The first kappa shape index (κ1) is 18.7. The van der Waals surface area contributed by atoms with E-state index in [1.54, 1.807) is 0 Å². The summed E-state index contributed by atoms with van der Waals surface area (Å²) in [7, 11) is 0. The minimum absolute atomic E-state index is 0.0936. The van der Waals surface area contributed by atoms with Gasteiger partial charge in [0.1, 0.15) is 0 Å². The Hall–Kier alpha value is -2.10. The normalized spacial score (nSPS) is 16.0. The molecule has 1 saturated carbocycles. The molecule has 1 heterocycles. The molecule has 1 aromatic carbocycles. The van der Waals surface area contributed by atoms with Gasteiger partial charge in [-0.2, -0.15) is 0 Å². The largest absolute Gasteiger partial charge is 0.335 e. The van der Waals surface area contributed by atoms with E-state index in [0.717, 1.165) is 42.1 Å². The third-order valence-corrected chi connectivity index (χ3v) is 5.34. The zero-order valence-electron chi connectivity index (χ0n) is 16.4. The standard InChI is InChI=1S/C22H30N2O2/c1-15-10-11-19-16(12-15)13-17(20(25)23-19)14-24(21(26)22(2,3)4)18-8-6-5-7-9-18/h10-13,18H,5-9,14H2,1-4H3,(H,23,25). The average molecular weight is 354 g/mol. The van der Waals surface area contributed by atoms with Gasteiger partial charge in [0.15, 0.2) is 0 Å². The van der Waals surface area contributed by atoms with Gasteiger partial charge in [0.05, 0.1) is 6.54 Å². The van der Waals surface area contributed by atoms with E-state index in [0.29, 0.717) is 12.1 Å². The smallest absolute Gasteiger partial charge is 0.253 e. The van der Waals surface area contributed by atoms with Crippen LogP contribution in [0.1, 0.15) is 64.0 Å². The van der Waals surface area contributed by atoms with Crippen LogP contribution in [0.15, 0.2) is 29.1 Å². The lowest BCUT2D eigenvalue weighted by Gasteiger charge is -2.38. The fourth-order valence-corrected chi connectivity index (χ4v) is 3.86. The van der Waals surface area contributed by atoms with Crippen molar-refractivity contribution in [2.45, 2.75) is 72.4 Å². The van der Waals surface area contributed by atoms with Gasteiger partial charge in [-0.15, -0.1) is 0 Å². The number of H-pyrrole nitrogens is 1. The van der Waals surface area contributed by atoms with Crippen LogP contribution in [0.5, 0.6) is 0 Å². The number of carbonyl (C=O) groups excluding carboxylic acids is 1. The fourth-order valence-electron chi connectivity index (χ4n) is 3.86. The number of aryl methyl sites for hydroxylation is 1. The molecule has 0 bridgehead atoms. The number of rotatable bonds is 3. The molecular formula is C22H30N2O2. The van der Waals surface area contributed by atoms with Crippen LogP contribution < -0.4 is 5.56 Å². The Labute approximate surface area is 155 Å². The Morgan fingerprint density at radius 3 is 2.50 bits per heavy atom. The molecule has 1 aliphatic carbocycles. The molecule has 1 aromatic heterocycles. The highest BCUT2D eigenvalue weighted by Crippen LogP contribution is 2.28. The summed E-state index contributed by atoms with van der Waals surface area (Å²) in [6, 6.07) is 8.20. The summed E-state index contributed by atoms with van der Waals surface area (Å²) in [5.74, 6) is 0.133. The average Bonchev–Trinajstić information content (AvgIpc) is 2.59. The highest BCUT2D eigenvalue weighted by molar-refractivity contribution is 5.82. The number of hydrogen-bond acceptors (Lipinski definition) is 2. The molecule has 0 unspecified atom stereocenters. The van der Waals surface area contributed by atoms with E-state index in [1.807, 2.05) is 50.8 Å². The zero-order chi connectivity index (χ0) is 18.9. The van der Waals surface area contributed by atoms with Crippen LogP contribution in [0.4, 0.5) is 0 Å². The minimum atomic E-state index is -0.447. The van der Waals surface area contributed by atoms with Crippen molar-refractivity contribution >= 4 is 16.8 Å². The number of benzene rings is 1. The number of nitrogens with one attached hydrogen (secondary N) is 1. The molecule has 4 nitrogen and oxygen atoms in total. The van der Waals surface area contributed by atoms with Crippen molar-refractivity contribution < 1.29 is 4.79 Å². The number of hydrogen-bond donors (Lipinski definition) is 1. The molecule has 140 valence electrons. The molecular weight excluding hydrogens is 324 g/mol. The summed E-state index contributed by atoms with van der Waals surface area (Å²) in [5, 5.41) is 1.02. The van der Waals surface area contributed by atoms with Crippen molar-refractivity contribution in [2.75, 3.05) is 0 Å². The van der Waals surface area contributed by atoms with Crippen LogP contribution in [0.25, 0.3) is 10.9 Å². The lowest BCUT2D eigenvalue weighted by atomic mass is 9.89. The van der Waals surface area contributed by atoms with E-state index in [4.69, 9.17) is 0 Å². The summed E-state index contributed by atoms with van der Waals surface area (Å²) in [6.07, 6.45) is 5.63. The van der Waals surface area contributed by atoms with Gasteiger partial charge in [-0.3, -0.25) is 9.59 Å². The van der Waals surface area contributed by atoms with E-state index >= 15 is 0 Å². The summed E-state index contributed by atoms with van der Waals surface area (Å²) in [4.78, 5) is 30.7. The number of pyridine rings is 1. The summed E-state index contributed by atoms with van der Waals surface area (Å²) >= 11 is 0. The van der Waals surface area contributed by atoms with E-state index in [1.165, 1.54) is 6.42 Å². The molecule has 0 radical (unpaired) electrons. The van der Waals surface area contributed by atoms with E-state index in [9.17, 15) is 9.59 Å². The predicted octanol–water partition coefficient (Wildman–Crippen LogP) is 4.54. The lowest BCUT2D eigenvalue weighted by Crippen LogP contribution is -2.46. The van der Waals surface area contributed by atoms with Gasteiger partial charge < -0.3 is 9.88 Å². The molecule has 1 amide bonds. The molecule has 26 heavy (non-hydrogen) atoms. The topological polar surface area (TPSA) is 53.2 Å². The second kappa shape index (κ2) is 7.26. The first-order chi connectivity index (χ1) is 12.3. The predicted molar refractivity (Wildman–Crippen MR) is 106 cm³/mol. The van der Waals surface area contributed by atoms with Crippen LogP contribution in [-0.2, 0) is 11.3 Å². The first-order valence-corrected chi connectivity index (χ1v) is 9.69. The molecule has 3 rings (SSSR count). The van der Waals surface area contributed by atoms with Crippen molar-refractivity contribution in [1.29, 1.82) is 0 Å². The van der Waals surface area contributed by atoms with Crippen LogP contribution >= 0.6 is 0 Å². The van der Waals surface area contributed by atoms with Crippen LogP contribution in [-0.4, -0.2) is 21.8 Å². The van der Waals surface area contributed by atoms with Crippen molar-refractivity contribution in [3.05, 3.63) is 45.7 Å². The Morgan fingerprint density at radius 1 is 1.15 bits per heavy atom. The number of aromatic nitrogens is 1. The van der Waals surface area contributed by atoms with Gasteiger partial charge >= 0.3 is 0 Å². The first-order valence-electron chi connectivity index (χ1n) is 9.69. The third-order valence-electron chi connectivity index (χ3n) is 5.34. The fraction of sp³-hybridized carbons (Fsp3) is 0.545. The van der Waals surface area contributed by atoms with Crippen molar-refractivity contribution in [2.24, 2.45) is 5.41 Å². The molecule has 0 aliphatic heterocycles. The lowest BCUT2D eigenvalue weighted by molar-refractivity contribution is -0.143. The molecule has 0 atom stereocenters. The Balaban J connectivity index is 1.97. The van der Waals surface area contributed by atoms with E-state index in [-0.39, 0.29) is 17.5 Å². The SMILES string of the molecule is Cc1ccc2[nH]c(=O)c(CN(C(=O)C(C)(C)C)C3CCCCC3)cc2c1. The highest BCUT2D eigenvalue weighted by Gasteiger charge is 2.33. The van der Waals surface area contributed by atoms with E-state index < -0.39 is 5.41 Å². The Bertz CT molecular complexity index is 855. The van der Waals surface area contributed by atoms with Gasteiger partial charge in [0, 0.05) is 22.5 Å². The maximum Gasteiger partial charge on any atom is 0.253 e. The maximum atomic E-state index is 13.1.